The van der Waals surface area contributed by atoms with Crippen molar-refractivity contribution in [1.29, 1.82) is 0 Å². The summed E-state index contributed by atoms with van der Waals surface area (Å²) in [4.78, 5) is 15.6. The third-order valence-electron chi connectivity index (χ3n) is 3.79. The molecule has 0 amide bonds. The van der Waals surface area contributed by atoms with E-state index in [1.165, 1.54) is 0 Å². The van der Waals surface area contributed by atoms with Crippen LogP contribution in [0.5, 0.6) is 0 Å². The zero-order chi connectivity index (χ0) is 13.8. The molecule has 1 atom stereocenters. The Morgan fingerprint density at radius 1 is 1.50 bits per heavy atom. The summed E-state index contributed by atoms with van der Waals surface area (Å²) in [6.45, 7) is 7.62. The number of nitrogens with zero attached hydrogens (tertiary/aromatic N) is 2. The summed E-state index contributed by atoms with van der Waals surface area (Å²) in [5.74, 6) is -0.728. The standard InChI is InChI=1S/C13H26N2O3/c1-13(2)5-6-14(3)10-11(9-12(16)17)15(13)7-8-18-4/h11H,5-10H2,1-4H3,(H,16,17). The molecule has 0 aromatic carbocycles. The topological polar surface area (TPSA) is 53.0 Å². The number of carboxylic acid groups (broad SMARTS) is 1. The van der Waals surface area contributed by atoms with E-state index < -0.39 is 5.97 Å². The highest BCUT2D eigenvalue weighted by molar-refractivity contribution is 5.67. The Morgan fingerprint density at radius 2 is 2.17 bits per heavy atom. The number of hydrogen-bond acceptors (Lipinski definition) is 4. The number of aliphatic carboxylic acids is 1. The number of rotatable bonds is 5. The predicted molar refractivity (Wildman–Crippen MR) is 70.8 cm³/mol. The average molecular weight is 258 g/mol. The third kappa shape index (κ3) is 4.23. The van der Waals surface area contributed by atoms with Gasteiger partial charge in [0.15, 0.2) is 0 Å². The highest BCUT2D eigenvalue weighted by atomic mass is 16.5. The van der Waals surface area contributed by atoms with Crippen LogP contribution in [0.1, 0.15) is 26.7 Å². The smallest absolute Gasteiger partial charge is 0.304 e. The SMILES string of the molecule is COCCN1C(CC(=O)O)CN(C)CCC1(C)C. The lowest BCUT2D eigenvalue weighted by Crippen LogP contribution is -2.52. The van der Waals surface area contributed by atoms with Crippen molar-refractivity contribution in [2.24, 2.45) is 0 Å². The number of carbonyl (C=O) groups is 1. The summed E-state index contributed by atoms with van der Waals surface area (Å²) in [6, 6.07) is 0.0557. The molecule has 106 valence electrons. The van der Waals surface area contributed by atoms with Gasteiger partial charge >= 0.3 is 5.97 Å². The highest BCUT2D eigenvalue weighted by Gasteiger charge is 2.36. The molecule has 1 aliphatic rings. The zero-order valence-corrected chi connectivity index (χ0v) is 12.0. The summed E-state index contributed by atoms with van der Waals surface area (Å²) in [5.41, 5.74) is 0.0173. The first kappa shape index (κ1) is 15.4. The second-order valence-corrected chi connectivity index (χ2v) is 5.76. The molecule has 1 saturated heterocycles. The highest BCUT2D eigenvalue weighted by Crippen LogP contribution is 2.26. The lowest BCUT2D eigenvalue weighted by molar-refractivity contribution is -0.139. The minimum Gasteiger partial charge on any atom is -0.481 e. The predicted octanol–water partition coefficient (Wildman–Crippen LogP) is 0.892. The van der Waals surface area contributed by atoms with Crippen molar-refractivity contribution >= 4 is 5.97 Å². The van der Waals surface area contributed by atoms with E-state index in [9.17, 15) is 4.79 Å². The maximum absolute atomic E-state index is 11.0. The summed E-state index contributed by atoms with van der Waals surface area (Å²) in [7, 11) is 3.74. The lowest BCUT2D eigenvalue weighted by Gasteiger charge is -2.41. The van der Waals surface area contributed by atoms with Crippen LogP contribution in [0.25, 0.3) is 0 Å². The quantitative estimate of drug-likeness (QED) is 0.794. The monoisotopic (exact) mass is 258 g/mol. The van der Waals surface area contributed by atoms with Gasteiger partial charge < -0.3 is 14.7 Å². The van der Waals surface area contributed by atoms with Gasteiger partial charge in [-0.05, 0) is 33.9 Å². The maximum atomic E-state index is 11.0. The van der Waals surface area contributed by atoms with Crippen molar-refractivity contribution in [2.45, 2.75) is 38.3 Å². The number of hydrogen-bond donors (Lipinski definition) is 1. The van der Waals surface area contributed by atoms with E-state index >= 15 is 0 Å². The Morgan fingerprint density at radius 3 is 2.72 bits per heavy atom. The second kappa shape index (κ2) is 6.50. The van der Waals surface area contributed by atoms with Crippen molar-refractivity contribution < 1.29 is 14.6 Å². The summed E-state index contributed by atoms with van der Waals surface area (Å²) in [5, 5.41) is 9.08. The van der Waals surface area contributed by atoms with Gasteiger partial charge in [0.1, 0.15) is 0 Å². The molecule has 0 spiro atoms. The molecule has 5 heteroatoms. The molecule has 0 aliphatic carbocycles. The molecule has 0 aromatic heterocycles. The van der Waals surface area contributed by atoms with Crippen molar-refractivity contribution in [3.63, 3.8) is 0 Å². The van der Waals surface area contributed by atoms with E-state index in [1.807, 2.05) is 0 Å². The van der Waals surface area contributed by atoms with E-state index in [0.717, 1.165) is 26.1 Å². The Hall–Kier alpha value is -0.650. The minimum atomic E-state index is -0.728. The molecule has 0 aromatic rings. The van der Waals surface area contributed by atoms with E-state index in [4.69, 9.17) is 9.84 Å². The zero-order valence-electron chi connectivity index (χ0n) is 12.0. The number of carboxylic acids is 1. The molecule has 0 saturated carbocycles. The van der Waals surface area contributed by atoms with Crippen molar-refractivity contribution in [1.82, 2.24) is 9.80 Å². The molecule has 5 nitrogen and oxygen atoms in total. The summed E-state index contributed by atoms with van der Waals surface area (Å²) < 4.78 is 5.16. The molecule has 1 unspecified atom stereocenters. The van der Waals surface area contributed by atoms with Gasteiger partial charge in [0.05, 0.1) is 13.0 Å². The molecule has 1 rings (SSSR count). The van der Waals surface area contributed by atoms with Crippen LogP contribution in [-0.2, 0) is 9.53 Å². The first-order valence-corrected chi connectivity index (χ1v) is 6.53. The van der Waals surface area contributed by atoms with Crippen LogP contribution >= 0.6 is 0 Å². The van der Waals surface area contributed by atoms with Crippen LogP contribution in [0, 0.1) is 0 Å². The van der Waals surface area contributed by atoms with Gasteiger partial charge in [-0.25, -0.2) is 0 Å². The molecule has 18 heavy (non-hydrogen) atoms. The third-order valence-corrected chi connectivity index (χ3v) is 3.79. The molecule has 0 radical (unpaired) electrons. The van der Waals surface area contributed by atoms with E-state index in [0.29, 0.717) is 6.61 Å². The van der Waals surface area contributed by atoms with Gasteiger partial charge in [0.25, 0.3) is 0 Å². The molecular formula is C13H26N2O3. The van der Waals surface area contributed by atoms with Gasteiger partial charge in [-0.2, -0.15) is 0 Å². The minimum absolute atomic E-state index is 0.0173. The Kier molecular flexibility index (Phi) is 5.56. The largest absolute Gasteiger partial charge is 0.481 e. The molecular weight excluding hydrogens is 232 g/mol. The molecule has 0 bridgehead atoms. The fourth-order valence-corrected chi connectivity index (χ4v) is 2.70. The Balaban J connectivity index is 2.85. The molecule has 1 heterocycles. The Labute approximate surface area is 110 Å². The first-order valence-electron chi connectivity index (χ1n) is 6.53. The van der Waals surface area contributed by atoms with E-state index in [2.05, 4.69) is 30.7 Å². The maximum Gasteiger partial charge on any atom is 0.304 e. The van der Waals surface area contributed by atoms with Gasteiger partial charge in [-0.3, -0.25) is 9.69 Å². The first-order chi connectivity index (χ1) is 8.36. The van der Waals surface area contributed by atoms with E-state index in [1.54, 1.807) is 7.11 Å². The Bertz CT molecular complexity index is 281. The fourth-order valence-electron chi connectivity index (χ4n) is 2.70. The molecule has 1 aliphatic heterocycles. The van der Waals surface area contributed by atoms with Gasteiger partial charge in [0.2, 0.25) is 0 Å². The summed E-state index contributed by atoms with van der Waals surface area (Å²) in [6.07, 6.45) is 1.24. The molecule has 1 fully saturated rings. The van der Waals surface area contributed by atoms with Gasteiger partial charge in [0, 0.05) is 31.8 Å². The van der Waals surface area contributed by atoms with E-state index in [-0.39, 0.29) is 18.0 Å². The summed E-state index contributed by atoms with van der Waals surface area (Å²) >= 11 is 0. The average Bonchev–Trinajstić information content (AvgIpc) is 2.34. The van der Waals surface area contributed by atoms with Crippen molar-refractivity contribution in [3.05, 3.63) is 0 Å². The van der Waals surface area contributed by atoms with Crippen LogP contribution < -0.4 is 0 Å². The van der Waals surface area contributed by atoms with Crippen LogP contribution in [0.15, 0.2) is 0 Å². The second-order valence-electron chi connectivity index (χ2n) is 5.76. The number of likely N-dealkylation sites (N-methyl/N-ethyl adjacent to an activating group) is 1. The van der Waals surface area contributed by atoms with Gasteiger partial charge in [-0.1, -0.05) is 0 Å². The van der Waals surface area contributed by atoms with Crippen LogP contribution in [0.2, 0.25) is 0 Å². The van der Waals surface area contributed by atoms with Crippen molar-refractivity contribution in [2.75, 3.05) is 40.4 Å². The van der Waals surface area contributed by atoms with Crippen LogP contribution in [0.3, 0.4) is 0 Å². The van der Waals surface area contributed by atoms with Gasteiger partial charge in [-0.15, -0.1) is 0 Å². The van der Waals surface area contributed by atoms with Crippen molar-refractivity contribution in [3.8, 4) is 0 Å². The lowest BCUT2D eigenvalue weighted by atomic mass is 9.96. The fraction of sp³-hybridized carbons (Fsp3) is 0.923. The normalized spacial score (nSPS) is 25.9. The van der Waals surface area contributed by atoms with Crippen LogP contribution in [-0.4, -0.2) is 72.9 Å². The number of ether oxygens (including phenoxy) is 1. The molecule has 1 N–H and O–H groups in total. The van der Waals surface area contributed by atoms with Crippen LogP contribution in [0.4, 0.5) is 0 Å². The number of methoxy groups -OCH3 is 1.